The average Bonchev–Trinajstić information content (AvgIpc) is 2.88. The molecule has 0 spiro atoms. The molecule has 2 N–H and O–H groups in total. The molecule has 1 amide bonds. The molecule has 18 heavy (non-hydrogen) atoms. The zero-order chi connectivity index (χ0) is 13.1. The average molecular weight is 249 g/mol. The monoisotopic (exact) mass is 249 g/mol. The van der Waals surface area contributed by atoms with Gasteiger partial charge in [-0.05, 0) is 12.5 Å². The molecular weight excluding hydrogens is 226 g/mol. The molecule has 0 unspecified atom stereocenters. The first-order valence-corrected chi connectivity index (χ1v) is 6.77. The van der Waals surface area contributed by atoms with E-state index in [1.807, 2.05) is 0 Å². The third kappa shape index (κ3) is 6.89. The van der Waals surface area contributed by atoms with Gasteiger partial charge in [0.2, 0.25) is 5.91 Å². The van der Waals surface area contributed by atoms with Crippen LogP contribution in [0.15, 0.2) is 18.6 Å². The SMILES string of the molecule is CCCCCCCCNC(=O)/C=C/c1cnc[nH]1. The first kappa shape index (κ1) is 14.5. The van der Waals surface area contributed by atoms with E-state index in [2.05, 4.69) is 22.2 Å². The normalized spacial score (nSPS) is 10.9. The zero-order valence-corrected chi connectivity index (χ0v) is 11.1. The fourth-order valence-corrected chi connectivity index (χ4v) is 1.70. The van der Waals surface area contributed by atoms with Crippen LogP contribution in [0.25, 0.3) is 6.08 Å². The molecule has 1 aromatic heterocycles. The van der Waals surface area contributed by atoms with Crippen molar-refractivity contribution in [1.82, 2.24) is 15.3 Å². The highest BCUT2D eigenvalue weighted by Gasteiger charge is 1.95. The molecule has 4 heteroatoms. The molecule has 0 aliphatic heterocycles. The van der Waals surface area contributed by atoms with Crippen LogP contribution in [-0.2, 0) is 4.79 Å². The number of H-pyrrole nitrogens is 1. The highest BCUT2D eigenvalue weighted by molar-refractivity contribution is 5.91. The number of carbonyl (C=O) groups excluding carboxylic acids is 1. The Morgan fingerprint density at radius 3 is 2.83 bits per heavy atom. The summed E-state index contributed by atoms with van der Waals surface area (Å²) in [6, 6.07) is 0. The van der Waals surface area contributed by atoms with Gasteiger partial charge >= 0.3 is 0 Å². The van der Waals surface area contributed by atoms with Gasteiger partial charge in [-0.3, -0.25) is 4.79 Å². The van der Waals surface area contributed by atoms with Gasteiger partial charge < -0.3 is 10.3 Å². The van der Waals surface area contributed by atoms with E-state index in [-0.39, 0.29) is 5.91 Å². The van der Waals surface area contributed by atoms with E-state index in [9.17, 15) is 4.79 Å². The number of hydrogen-bond acceptors (Lipinski definition) is 2. The Bertz CT molecular complexity index is 344. The molecule has 4 nitrogen and oxygen atoms in total. The Kier molecular flexibility index (Phi) is 7.60. The van der Waals surface area contributed by atoms with E-state index >= 15 is 0 Å². The van der Waals surface area contributed by atoms with Gasteiger partial charge in [0.05, 0.1) is 18.2 Å². The van der Waals surface area contributed by atoms with Gasteiger partial charge in [-0.1, -0.05) is 39.0 Å². The molecule has 100 valence electrons. The number of unbranched alkanes of at least 4 members (excludes halogenated alkanes) is 5. The number of amides is 1. The van der Waals surface area contributed by atoms with Gasteiger partial charge in [0.1, 0.15) is 0 Å². The predicted molar refractivity (Wildman–Crippen MR) is 74.0 cm³/mol. The fraction of sp³-hybridized carbons (Fsp3) is 0.571. The topological polar surface area (TPSA) is 57.8 Å². The minimum absolute atomic E-state index is 0.0434. The fourth-order valence-electron chi connectivity index (χ4n) is 1.70. The number of rotatable bonds is 9. The van der Waals surface area contributed by atoms with Crippen LogP contribution in [0.2, 0.25) is 0 Å². The number of aromatic nitrogens is 2. The van der Waals surface area contributed by atoms with Crippen molar-refractivity contribution in [3.05, 3.63) is 24.3 Å². The van der Waals surface area contributed by atoms with Gasteiger partial charge in [-0.25, -0.2) is 4.98 Å². The van der Waals surface area contributed by atoms with E-state index in [0.29, 0.717) is 0 Å². The number of nitrogens with zero attached hydrogens (tertiary/aromatic N) is 1. The van der Waals surface area contributed by atoms with Crippen molar-refractivity contribution in [2.75, 3.05) is 6.54 Å². The van der Waals surface area contributed by atoms with E-state index in [0.717, 1.165) is 18.7 Å². The second kappa shape index (κ2) is 9.45. The molecule has 0 aromatic carbocycles. The number of hydrogen-bond donors (Lipinski definition) is 2. The lowest BCUT2D eigenvalue weighted by Gasteiger charge is -2.02. The third-order valence-electron chi connectivity index (χ3n) is 2.76. The van der Waals surface area contributed by atoms with E-state index < -0.39 is 0 Å². The van der Waals surface area contributed by atoms with Crippen molar-refractivity contribution in [3.8, 4) is 0 Å². The molecule has 0 atom stereocenters. The van der Waals surface area contributed by atoms with Gasteiger partial charge in [-0.15, -0.1) is 0 Å². The summed E-state index contributed by atoms with van der Waals surface area (Å²) in [5, 5.41) is 2.88. The van der Waals surface area contributed by atoms with Crippen LogP contribution in [0.1, 0.15) is 51.1 Å². The predicted octanol–water partition coefficient (Wildman–Crippen LogP) is 2.90. The molecule has 0 aliphatic rings. The van der Waals surface area contributed by atoms with Crippen LogP contribution in [0.3, 0.4) is 0 Å². The van der Waals surface area contributed by atoms with E-state index in [1.165, 1.54) is 38.2 Å². The molecular formula is C14H23N3O. The van der Waals surface area contributed by atoms with Gasteiger partial charge in [0.25, 0.3) is 0 Å². The second-order valence-corrected chi connectivity index (χ2v) is 4.40. The minimum Gasteiger partial charge on any atom is -0.353 e. The molecule has 0 aliphatic carbocycles. The minimum atomic E-state index is -0.0434. The van der Waals surface area contributed by atoms with Gasteiger partial charge in [0.15, 0.2) is 0 Å². The van der Waals surface area contributed by atoms with Crippen LogP contribution in [0.4, 0.5) is 0 Å². The standard InChI is InChI=1S/C14H23N3O/c1-2-3-4-5-6-7-10-16-14(18)9-8-13-11-15-12-17-13/h8-9,11-12H,2-7,10H2,1H3,(H,15,17)(H,16,18)/b9-8+. The number of aromatic amines is 1. The Morgan fingerprint density at radius 2 is 2.11 bits per heavy atom. The number of carbonyl (C=O) groups is 1. The molecule has 1 heterocycles. The molecule has 1 rings (SSSR count). The first-order chi connectivity index (χ1) is 8.83. The van der Waals surface area contributed by atoms with Crippen molar-refractivity contribution in [2.45, 2.75) is 45.4 Å². The lowest BCUT2D eigenvalue weighted by atomic mass is 10.1. The van der Waals surface area contributed by atoms with E-state index in [1.54, 1.807) is 18.6 Å². The lowest BCUT2D eigenvalue weighted by molar-refractivity contribution is -0.116. The van der Waals surface area contributed by atoms with E-state index in [4.69, 9.17) is 0 Å². The van der Waals surface area contributed by atoms with Crippen molar-refractivity contribution in [3.63, 3.8) is 0 Å². The lowest BCUT2D eigenvalue weighted by Crippen LogP contribution is -2.21. The molecule has 0 radical (unpaired) electrons. The summed E-state index contributed by atoms with van der Waals surface area (Å²) < 4.78 is 0. The van der Waals surface area contributed by atoms with Crippen molar-refractivity contribution < 1.29 is 4.79 Å². The third-order valence-corrected chi connectivity index (χ3v) is 2.76. The Hall–Kier alpha value is -1.58. The summed E-state index contributed by atoms with van der Waals surface area (Å²) in [5.74, 6) is -0.0434. The molecule has 0 fully saturated rings. The maximum atomic E-state index is 11.4. The van der Waals surface area contributed by atoms with Gasteiger partial charge in [-0.2, -0.15) is 0 Å². The van der Waals surface area contributed by atoms with Gasteiger partial charge in [0, 0.05) is 12.6 Å². The van der Waals surface area contributed by atoms with Crippen LogP contribution in [0.5, 0.6) is 0 Å². The smallest absolute Gasteiger partial charge is 0.244 e. The summed E-state index contributed by atoms with van der Waals surface area (Å²) in [4.78, 5) is 18.2. The number of nitrogens with one attached hydrogen (secondary N) is 2. The van der Waals surface area contributed by atoms with Crippen LogP contribution in [-0.4, -0.2) is 22.4 Å². The largest absolute Gasteiger partial charge is 0.353 e. The highest BCUT2D eigenvalue weighted by Crippen LogP contribution is 2.04. The van der Waals surface area contributed by atoms with Crippen LogP contribution in [0, 0.1) is 0 Å². The first-order valence-electron chi connectivity index (χ1n) is 6.77. The Balaban J connectivity index is 2.00. The maximum absolute atomic E-state index is 11.4. The zero-order valence-electron chi connectivity index (χ0n) is 11.1. The van der Waals surface area contributed by atoms with Crippen molar-refractivity contribution in [1.29, 1.82) is 0 Å². The Morgan fingerprint density at radius 1 is 1.33 bits per heavy atom. The molecule has 0 saturated heterocycles. The summed E-state index contributed by atoms with van der Waals surface area (Å²) in [6.45, 7) is 2.98. The highest BCUT2D eigenvalue weighted by atomic mass is 16.1. The summed E-state index contributed by atoms with van der Waals surface area (Å²) >= 11 is 0. The second-order valence-electron chi connectivity index (χ2n) is 4.40. The van der Waals surface area contributed by atoms with Crippen molar-refractivity contribution >= 4 is 12.0 Å². The summed E-state index contributed by atoms with van der Waals surface area (Å²) in [7, 11) is 0. The van der Waals surface area contributed by atoms with Crippen LogP contribution < -0.4 is 5.32 Å². The molecule has 1 aromatic rings. The Labute approximate surface area is 109 Å². The van der Waals surface area contributed by atoms with Crippen molar-refractivity contribution in [2.24, 2.45) is 0 Å². The van der Waals surface area contributed by atoms with Crippen LogP contribution >= 0.6 is 0 Å². The quantitative estimate of drug-likeness (QED) is 0.522. The summed E-state index contributed by atoms with van der Waals surface area (Å²) in [5.41, 5.74) is 0.838. The summed E-state index contributed by atoms with van der Waals surface area (Å²) in [6.07, 6.45) is 14.0. The maximum Gasteiger partial charge on any atom is 0.244 e. The molecule has 0 saturated carbocycles. The molecule has 0 bridgehead atoms. The number of imidazole rings is 1.